The molecular formula is C35H54O3. The van der Waals surface area contributed by atoms with Crippen LogP contribution in [0.4, 0.5) is 0 Å². The van der Waals surface area contributed by atoms with Crippen molar-refractivity contribution in [3.05, 3.63) is 65.7 Å². The van der Waals surface area contributed by atoms with Gasteiger partial charge in [-0.3, -0.25) is 4.79 Å². The molecule has 0 unspecified atom stereocenters. The fraction of sp³-hybridized carbons (Fsp3) is 0.629. The second-order valence-electron chi connectivity index (χ2n) is 10.8. The van der Waals surface area contributed by atoms with E-state index >= 15 is 0 Å². The van der Waals surface area contributed by atoms with E-state index in [-0.39, 0.29) is 5.97 Å². The zero-order chi connectivity index (χ0) is 26.9. The van der Waals surface area contributed by atoms with Gasteiger partial charge in [0.1, 0.15) is 12.4 Å². The second kappa shape index (κ2) is 22.7. The van der Waals surface area contributed by atoms with Gasteiger partial charge in [-0.25, -0.2) is 0 Å². The number of hydrogen-bond acceptors (Lipinski definition) is 3. The van der Waals surface area contributed by atoms with Crippen molar-refractivity contribution in [3.8, 4) is 5.75 Å². The molecule has 3 nitrogen and oxygen atoms in total. The number of ether oxygens (including phenoxy) is 2. The topological polar surface area (TPSA) is 35.5 Å². The summed E-state index contributed by atoms with van der Waals surface area (Å²) < 4.78 is 11.3. The molecule has 212 valence electrons. The summed E-state index contributed by atoms with van der Waals surface area (Å²) in [6.07, 6.45) is 24.2. The van der Waals surface area contributed by atoms with Crippen LogP contribution in [0.1, 0.15) is 134 Å². The quantitative estimate of drug-likeness (QED) is 0.102. The van der Waals surface area contributed by atoms with Gasteiger partial charge in [0, 0.05) is 12.8 Å². The van der Waals surface area contributed by atoms with Crippen molar-refractivity contribution in [1.82, 2.24) is 0 Å². The molecule has 0 aromatic heterocycles. The van der Waals surface area contributed by atoms with Crippen molar-refractivity contribution >= 4 is 5.97 Å². The number of hydrogen-bond donors (Lipinski definition) is 0. The highest BCUT2D eigenvalue weighted by Gasteiger charge is 2.04. The number of benzene rings is 2. The van der Waals surface area contributed by atoms with E-state index < -0.39 is 0 Å². The van der Waals surface area contributed by atoms with Crippen molar-refractivity contribution in [3.63, 3.8) is 0 Å². The molecule has 0 aliphatic heterocycles. The summed E-state index contributed by atoms with van der Waals surface area (Å²) in [4.78, 5) is 12.0. The van der Waals surface area contributed by atoms with E-state index in [4.69, 9.17) is 9.47 Å². The summed E-state index contributed by atoms with van der Waals surface area (Å²) in [5.74, 6) is 0.794. The van der Waals surface area contributed by atoms with Crippen LogP contribution in [0.3, 0.4) is 0 Å². The van der Waals surface area contributed by atoms with E-state index in [1.165, 1.54) is 96.3 Å². The molecular weight excluding hydrogens is 468 g/mol. The lowest BCUT2D eigenvalue weighted by Crippen LogP contribution is -2.07. The fourth-order valence-corrected chi connectivity index (χ4v) is 4.84. The summed E-state index contributed by atoms with van der Waals surface area (Å²) in [7, 11) is 0. The highest BCUT2D eigenvalue weighted by atomic mass is 16.5. The molecule has 2 aromatic carbocycles. The maximum atomic E-state index is 12.0. The van der Waals surface area contributed by atoms with Gasteiger partial charge in [-0.1, -0.05) is 152 Å². The van der Waals surface area contributed by atoms with Gasteiger partial charge in [0.2, 0.25) is 0 Å². The first-order chi connectivity index (χ1) is 18.8. The third kappa shape index (κ3) is 17.3. The smallest absolute Gasteiger partial charge is 0.305 e. The average molecular weight is 523 g/mol. The van der Waals surface area contributed by atoms with Gasteiger partial charge in [0.25, 0.3) is 0 Å². The van der Waals surface area contributed by atoms with Gasteiger partial charge in [-0.15, -0.1) is 0 Å². The molecule has 0 radical (unpaired) electrons. The van der Waals surface area contributed by atoms with E-state index in [1.807, 2.05) is 42.5 Å². The Balaban J connectivity index is 1.33. The first-order valence-corrected chi connectivity index (χ1v) is 15.7. The number of carbonyl (C=O) groups is 1. The van der Waals surface area contributed by atoms with Crippen LogP contribution >= 0.6 is 0 Å². The molecule has 3 heteroatoms. The zero-order valence-corrected chi connectivity index (χ0v) is 24.3. The molecule has 0 amide bonds. The minimum atomic E-state index is -0.0613. The van der Waals surface area contributed by atoms with Crippen molar-refractivity contribution in [1.29, 1.82) is 0 Å². The number of esters is 1. The standard InChI is InChI=1S/C35H54O3/c1-2-3-4-5-6-7-8-9-10-11-12-13-14-15-16-17-21-24-35(36)37-30-29-32-25-27-34(28-26-32)38-31-33-22-19-18-20-23-33/h18-20,22-23,25-28H,2-17,21,24,29-31H2,1H3. The molecule has 0 bridgehead atoms. The third-order valence-electron chi connectivity index (χ3n) is 7.31. The summed E-state index contributed by atoms with van der Waals surface area (Å²) in [6, 6.07) is 18.2. The second-order valence-corrected chi connectivity index (χ2v) is 10.8. The zero-order valence-electron chi connectivity index (χ0n) is 24.3. The molecule has 0 saturated heterocycles. The van der Waals surface area contributed by atoms with Crippen LogP contribution in [0.2, 0.25) is 0 Å². The molecule has 0 N–H and O–H groups in total. The van der Waals surface area contributed by atoms with E-state index in [0.717, 1.165) is 36.1 Å². The molecule has 2 aromatic rings. The third-order valence-corrected chi connectivity index (χ3v) is 7.31. The van der Waals surface area contributed by atoms with Gasteiger partial charge in [-0.05, 0) is 29.7 Å². The van der Waals surface area contributed by atoms with Gasteiger partial charge < -0.3 is 9.47 Å². The predicted molar refractivity (Wildman–Crippen MR) is 161 cm³/mol. The first kappa shape index (κ1) is 31.9. The maximum absolute atomic E-state index is 12.0. The minimum Gasteiger partial charge on any atom is -0.489 e. The van der Waals surface area contributed by atoms with Crippen LogP contribution in [-0.2, 0) is 22.6 Å². The van der Waals surface area contributed by atoms with E-state index in [2.05, 4.69) is 19.1 Å². The molecule has 0 aliphatic carbocycles. The van der Waals surface area contributed by atoms with Crippen LogP contribution < -0.4 is 4.74 Å². The summed E-state index contributed by atoms with van der Waals surface area (Å²) in [5.41, 5.74) is 2.31. The summed E-state index contributed by atoms with van der Waals surface area (Å²) >= 11 is 0. The Morgan fingerprint density at radius 1 is 0.579 bits per heavy atom. The molecule has 38 heavy (non-hydrogen) atoms. The molecule has 0 aliphatic rings. The van der Waals surface area contributed by atoms with Crippen molar-refractivity contribution in [2.75, 3.05) is 6.61 Å². The summed E-state index contributed by atoms with van der Waals surface area (Å²) in [5, 5.41) is 0. The average Bonchev–Trinajstić information content (AvgIpc) is 2.95. The Labute approximate surface area is 233 Å². The summed E-state index contributed by atoms with van der Waals surface area (Å²) in [6.45, 7) is 3.30. The Morgan fingerprint density at radius 3 is 1.61 bits per heavy atom. The Bertz CT molecular complexity index is 800. The number of carbonyl (C=O) groups excluding carboxylic acids is 1. The Hall–Kier alpha value is -2.29. The lowest BCUT2D eigenvalue weighted by Gasteiger charge is -2.08. The number of rotatable bonds is 24. The van der Waals surface area contributed by atoms with Crippen LogP contribution in [0.15, 0.2) is 54.6 Å². The monoisotopic (exact) mass is 522 g/mol. The largest absolute Gasteiger partial charge is 0.489 e. The van der Waals surface area contributed by atoms with E-state index in [9.17, 15) is 4.79 Å². The van der Waals surface area contributed by atoms with E-state index in [0.29, 0.717) is 19.6 Å². The Kier molecular flexibility index (Phi) is 19.0. The van der Waals surface area contributed by atoms with Gasteiger partial charge in [-0.2, -0.15) is 0 Å². The van der Waals surface area contributed by atoms with Crippen LogP contribution in [0.5, 0.6) is 5.75 Å². The van der Waals surface area contributed by atoms with Crippen molar-refractivity contribution < 1.29 is 14.3 Å². The van der Waals surface area contributed by atoms with E-state index in [1.54, 1.807) is 0 Å². The molecule has 2 rings (SSSR count). The Morgan fingerprint density at radius 2 is 1.08 bits per heavy atom. The van der Waals surface area contributed by atoms with Gasteiger partial charge >= 0.3 is 5.97 Å². The lowest BCUT2D eigenvalue weighted by atomic mass is 10.0. The van der Waals surface area contributed by atoms with Crippen LogP contribution in [0, 0.1) is 0 Å². The van der Waals surface area contributed by atoms with Gasteiger partial charge in [0.05, 0.1) is 6.61 Å². The molecule has 0 atom stereocenters. The highest BCUT2D eigenvalue weighted by Crippen LogP contribution is 2.16. The van der Waals surface area contributed by atoms with Crippen molar-refractivity contribution in [2.45, 2.75) is 136 Å². The van der Waals surface area contributed by atoms with Crippen LogP contribution in [-0.4, -0.2) is 12.6 Å². The normalized spacial score (nSPS) is 11.0. The lowest BCUT2D eigenvalue weighted by molar-refractivity contribution is -0.143. The molecule has 0 spiro atoms. The molecule has 0 heterocycles. The molecule has 0 saturated carbocycles. The maximum Gasteiger partial charge on any atom is 0.305 e. The highest BCUT2D eigenvalue weighted by molar-refractivity contribution is 5.69. The molecule has 0 fully saturated rings. The minimum absolute atomic E-state index is 0.0613. The SMILES string of the molecule is CCCCCCCCCCCCCCCCCCCC(=O)OCCc1ccc(OCc2ccccc2)cc1. The van der Waals surface area contributed by atoms with Crippen LogP contribution in [0.25, 0.3) is 0 Å². The van der Waals surface area contributed by atoms with Crippen molar-refractivity contribution in [2.24, 2.45) is 0 Å². The first-order valence-electron chi connectivity index (χ1n) is 15.7. The fourth-order valence-electron chi connectivity index (χ4n) is 4.84. The number of unbranched alkanes of at least 4 members (excludes halogenated alkanes) is 16. The predicted octanol–water partition coefficient (Wildman–Crippen LogP) is 10.4. The van der Waals surface area contributed by atoms with Gasteiger partial charge in [0.15, 0.2) is 0 Å².